The summed E-state index contributed by atoms with van der Waals surface area (Å²) in [4.78, 5) is 26.5. The van der Waals surface area contributed by atoms with Crippen LogP contribution in [0.2, 0.25) is 0 Å². The Labute approximate surface area is 120 Å². The van der Waals surface area contributed by atoms with Crippen LogP contribution in [0.25, 0.3) is 0 Å². The van der Waals surface area contributed by atoms with E-state index in [1.165, 1.54) is 6.42 Å². The Balaban J connectivity index is 1.71. The molecule has 0 aromatic carbocycles. The molecule has 0 aromatic heterocycles. The van der Waals surface area contributed by atoms with Crippen LogP contribution in [0.15, 0.2) is 0 Å². The Morgan fingerprint density at radius 1 is 1.25 bits per heavy atom. The molecule has 2 saturated heterocycles. The largest absolute Gasteiger partial charge is 0.376 e. The SMILES string of the molecule is CC1CC(=O)NC(C2CC2)C(=O)N1CC1CCCCO1. The Kier molecular flexibility index (Phi) is 3.96. The minimum absolute atomic E-state index is 0.00909. The maximum atomic E-state index is 12.7. The fourth-order valence-electron chi connectivity index (χ4n) is 3.26. The summed E-state index contributed by atoms with van der Waals surface area (Å²) in [6.07, 6.45) is 5.96. The molecular weight excluding hydrogens is 256 g/mol. The van der Waals surface area contributed by atoms with Crippen LogP contribution in [0, 0.1) is 5.92 Å². The van der Waals surface area contributed by atoms with Gasteiger partial charge < -0.3 is 15.0 Å². The molecule has 2 heterocycles. The van der Waals surface area contributed by atoms with E-state index in [0.717, 1.165) is 32.3 Å². The number of hydrogen-bond acceptors (Lipinski definition) is 3. The standard InChI is InChI=1S/C15H24N2O3/c1-10-8-13(18)16-14(11-5-6-11)15(19)17(10)9-12-4-2-3-7-20-12/h10-12,14H,2-9H2,1H3,(H,16,18). The quantitative estimate of drug-likeness (QED) is 0.841. The number of rotatable bonds is 3. The van der Waals surface area contributed by atoms with Crippen LogP contribution in [-0.2, 0) is 14.3 Å². The Morgan fingerprint density at radius 2 is 2.05 bits per heavy atom. The van der Waals surface area contributed by atoms with Crippen molar-refractivity contribution in [3.8, 4) is 0 Å². The van der Waals surface area contributed by atoms with Crippen LogP contribution >= 0.6 is 0 Å². The van der Waals surface area contributed by atoms with Gasteiger partial charge in [0.15, 0.2) is 0 Å². The third kappa shape index (κ3) is 2.97. The van der Waals surface area contributed by atoms with Crippen molar-refractivity contribution < 1.29 is 14.3 Å². The summed E-state index contributed by atoms with van der Waals surface area (Å²) in [5.41, 5.74) is 0. The predicted molar refractivity (Wildman–Crippen MR) is 74.0 cm³/mol. The van der Waals surface area contributed by atoms with Crippen molar-refractivity contribution in [1.29, 1.82) is 0 Å². The van der Waals surface area contributed by atoms with Gasteiger partial charge in [-0.25, -0.2) is 0 Å². The lowest BCUT2D eigenvalue weighted by atomic mass is 10.1. The first-order valence-corrected chi connectivity index (χ1v) is 7.86. The molecule has 5 nitrogen and oxygen atoms in total. The molecule has 2 aliphatic heterocycles. The van der Waals surface area contributed by atoms with Gasteiger partial charge in [0.1, 0.15) is 6.04 Å². The maximum absolute atomic E-state index is 12.7. The van der Waals surface area contributed by atoms with E-state index in [1.54, 1.807) is 0 Å². The summed E-state index contributed by atoms with van der Waals surface area (Å²) in [6, 6.07) is -0.326. The van der Waals surface area contributed by atoms with Gasteiger partial charge in [0, 0.05) is 25.6 Å². The van der Waals surface area contributed by atoms with Crippen molar-refractivity contribution in [3.05, 3.63) is 0 Å². The third-order valence-electron chi connectivity index (χ3n) is 4.65. The fraction of sp³-hybridized carbons (Fsp3) is 0.867. The van der Waals surface area contributed by atoms with Gasteiger partial charge in [-0.05, 0) is 44.9 Å². The monoisotopic (exact) mass is 280 g/mol. The van der Waals surface area contributed by atoms with Gasteiger partial charge in [-0.2, -0.15) is 0 Å². The zero-order valence-electron chi connectivity index (χ0n) is 12.1. The average Bonchev–Trinajstić information content (AvgIpc) is 3.26. The minimum Gasteiger partial charge on any atom is -0.376 e. The first-order valence-electron chi connectivity index (χ1n) is 7.86. The molecule has 3 fully saturated rings. The Hall–Kier alpha value is -1.10. The zero-order valence-corrected chi connectivity index (χ0v) is 12.1. The molecule has 1 aliphatic carbocycles. The lowest BCUT2D eigenvalue weighted by molar-refractivity contribution is -0.138. The summed E-state index contributed by atoms with van der Waals surface area (Å²) in [5, 5.41) is 2.92. The molecule has 3 aliphatic rings. The molecule has 1 saturated carbocycles. The van der Waals surface area contributed by atoms with Crippen LogP contribution in [0.1, 0.15) is 45.4 Å². The molecule has 1 N–H and O–H groups in total. The van der Waals surface area contributed by atoms with E-state index >= 15 is 0 Å². The summed E-state index contributed by atoms with van der Waals surface area (Å²) < 4.78 is 5.76. The molecule has 20 heavy (non-hydrogen) atoms. The van der Waals surface area contributed by atoms with Crippen LogP contribution in [-0.4, -0.2) is 48.1 Å². The van der Waals surface area contributed by atoms with Crippen molar-refractivity contribution in [3.63, 3.8) is 0 Å². The van der Waals surface area contributed by atoms with Crippen LogP contribution in [0.5, 0.6) is 0 Å². The van der Waals surface area contributed by atoms with Gasteiger partial charge in [0.25, 0.3) is 0 Å². The molecule has 5 heteroatoms. The lowest BCUT2D eigenvalue weighted by Crippen LogP contribution is -2.50. The molecule has 0 spiro atoms. The van der Waals surface area contributed by atoms with E-state index in [4.69, 9.17) is 4.74 Å². The van der Waals surface area contributed by atoms with E-state index in [9.17, 15) is 9.59 Å². The molecule has 3 unspecified atom stereocenters. The minimum atomic E-state index is -0.295. The van der Waals surface area contributed by atoms with E-state index in [1.807, 2.05) is 11.8 Å². The number of carbonyl (C=O) groups is 2. The Morgan fingerprint density at radius 3 is 2.70 bits per heavy atom. The second-order valence-electron chi connectivity index (χ2n) is 6.41. The zero-order chi connectivity index (χ0) is 14.1. The second kappa shape index (κ2) is 5.72. The smallest absolute Gasteiger partial charge is 0.245 e. The Bertz CT molecular complexity index is 389. The maximum Gasteiger partial charge on any atom is 0.245 e. The number of carbonyl (C=O) groups excluding carboxylic acids is 2. The van der Waals surface area contributed by atoms with Crippen molar-refractivity contribution in [1.82, 2.24) is 10.2 Å². The molecule has 0 radical (unpaired) electrons. The second-order valence-corrected chi connectivity index (χ2v) is 6.41. The number of amides is 2. The average molecular weight is 280 g/mol. The van der Waals surface area contributed by atoms with Crippen LogP contribution in [0.4, 0.5) is 0 Å². The summed E-state index contributed by atoms with van der Waals surface area (Å²) in [7, 11) is 0. The summed E-state index contributed by atoms with van der Waals surface area (Å²) in [6.45, 7) is 3.40. The number of nitrogens with one attached hydrogen (secondary N) is 1. The summed E-state index contributed by atoms with van der Waals surface area (Å²) in [5.74, 6) is 0.460. The summed E-state index contributed by atoms with van der Waals surface area (Å²) >= 11 is 0. The van der Waals surface area contributed by atoms with Crippen molar-refractivity contribution in [2.75, 3.05) is 13.2 Å². The van der Waals surface area contributed by atoms with Gasteiger partial charge in [-0.3, -0.25) is 9.59 Å². The van der Waals surface area contributed by atoms with Gasteiger partial charge in [-0.1, -0.05) is 0 Å². The van der Waals surface area contributed by atoms with Gasteiger partial charge in [0.2, 0.25) is 11.8 Å². The van der Waals surface area contributed by atoms with Crippen molar-refractivity contribution >= 4 is 11.8 Å². The predicted octanol–water partition coefficient (Wildman–Crippen LogP) is 1.07. The first kappa shape index (κ1) is 13.9. The molecule has 0 aromatic rings. The highest BCUT2D eigenvalue weighted by molar-refractivity contribution is 5.91. The molecular formula is C15H24N2O3. The highest BCUT2D eigenvalue weighted by atomic mass is 16.5. The molecule has 3 atom stereocenters. The highest BCUT2D eigenvalue weighted by Crippen LogP contribution is 2.35. The molecule has 112 valence electrons. The van der Waals surface area contributed by atoms with Crippen molar-refractivity contribution in [2.24, 2.45) is 5.92 Å². The van der Waals surface area contributed by atoms with Gasteiger partial charge in [0.05, 0.1) is 6.10 Å². The number of hydrogen-bond donors (Lipinski definition) is 1. The molecule has 3 rings (SSSR count). The van der Waals surface area contributed by atoms with E-state index in [-0.39, 0.29) is 30.0 Å². The third-order valence-corrected chi connectivity index (χ3v) is 4.65. The van der Waals surface area contributed by atoms with Crippen LogP contribution < -0.4 is 5.32 Å². The normalized spacial score (nSPS) is 35.6. The van der Waals surface area contributed by atoms with E-state index in [2.05, 4.69) is 5.32 Å². The first-order chi connectivity index (χ1) is 9.65. The number of nitrogens with zero attached hydrogens (tertiary/aromatic N) is 1. The van der Waals surface area contributed by atoms with Crippen LogP contribution in [0.3, 0.4) is 0 Å². The number of ether oxygens (including phenoxy) is 1. The van der Waals surface area contributed by atoms with Gasteiger partial charge in [-0.15, -0.1) is 0 Å². The van der Waals surface area contributed by atoms with E-state index in [0.29, 0.717) is 18.9 Å². The fourth-order valence-corrected chi connectivity index (χ4v) is 3.26. The van der Waals surface area contributed by atoms with E-state index < -0.39 is 0 Å². The molecule has 0 bridgehead atoms. The van der Waals surface area contributed by atoms with Crippen molar-refractivity contribution in [2.45, 2.75) is 63.6 Å². The highest BCUT2D eigenvalue weighted by Gasteiger charge is 2.43. The lowest BCUT2D eigenvalue weighted by Gasteiger charge is -2.33. The topological polar surface area (TPSA) is 58.6 Å². The van der Waals surface area contributed by atoms with Gasteiger partial charge >= 0.3 is 0 Å². The molecule has 2 amide bonds.